The lowest BCUT2D eigenvalue weighted by Crippen LogP contribution is -2.30. The van der Waals surface area contributed by atoms with E-state index in [-0.39, 0.29) is 17.9 Å². The molecule has 0 amide bonds. The van der Waals surface area contributed by atoms with Crippen molar-refractivity contribution in [2.75, 3.05) is 28.7 Å². The lowest BCUT2D eigenvalue weighted by molar-refractivity contribution is 0.0999. The van der Waals surface area contributed by atoms with Gasteiger partial charge in [0, 0.05) is 12.1 Å². The number of rotatable bonds is 6. The van der Waals surface area contributed by atoms with Crippen LogP contribution < -0.4 is 21.1 Å². The van der Waals surface area contributed by atoms with Crippen LogP contribution in [0.1, 0.15) is 21.5 Å². The number of carbonyl (C=O) groups is 1. The molecule has 0 spiro atoms. The van der Waals surface area contributed by atoms with Crippen molar-refractivity contribution in [2.24, 2.45) is 0 Å². The highest BCUT2D eigenvalue weighted by Crippen LogP contribution is 2.26. The summed E-state index contributed by atoms with van der Waals surface area (Å²) in [4.78, 5) is 34.0. The van der Waals surface area contributed by atoms with Gasteiger partial charge < -0.3 is 15.5 Å². The maximum atomic E-state index is 12.6. The van der Waals surface area contributed by atoms with E-state index in [2.05, 4.69) is 20.6 Å². The van der Waals surface area contributed by atoms with Gasteiger partial charge in [-0.3, -0.25) is 14.6 Å². The molecule has 4 rings (SSSR count). The van der Waals surface area contributed by atoms with Crippen LogP contribution in [0.15, 0.2) is 59.4 Å². The molecule has 0 atom stereocenters. The average Bonchev–Trinajstić information content (AvgIpc) is 3.11. The SMILES string of the molecule is Cc1ccc(C(=O)CN2CNc3c2nc(NCc2ccccc2)[nH]c3=O)cc1. The smallest absolute Gasteiger partial charge is 0.277 e. The van der Waals surface area contributed by atoms with Crippen molar-refractivity contribution in [1.29, 1.82) is 0 Å². The van der Waals surface area contributed by atoms with Gasteiger partial charge in [-0.05, 0) is 12.5 Å². The molecule has 0 radical (unpaired) electrons. The highest BCUT2D eigenvalue weighted by molar-refractivity contribution is 5.99. The molecule has 7 heteroatoms. The third kappa shape index (κ3) is 3.73. The number of anilines is 3. The molecule has 1 aliphatic rings. The Bertz CT molecular complexity index is 1040. The number of fused-ring (bicyclic) bond motifs is 1. The van der Waals surface area contributed by atoms with Crippen molar-refractivity contribution >= 4 is 23.2 Å². The van der Waals surface area contributed by atoms with Crippen LogP contribution in [0.4, 0.5) is 17.5 Å². The minimum absolute atomic E-state index is 0.0180. The highest BCUT2D eigenvalue weighted by Gasteiger charge is 2.26. The number of aryl methyl sites for hydroxylation is 1. The first kappa shape index (κ1) is 17.8. The second-order valence-electron chi connectivity index (χ2n) is 6.77. The van der Waals surface area contributed by atoms with Crippen molar-refractivity contribution in [3.8, 4) is 0 Å². The summed E-state index contributed by atoms with van der Waals surface area (Å²) >= 11 is 0. The number of hydrogen-bond acceptors (Lipinski definition) is 6. The van der Waals surface area contributed by atoms with Gasteiger partial charge in [0.25, 0.3) is 5.56 Å². The molecule has 1 aliphatic heterocycles. The third-order valence-electron chi connectivity index (χ3n) is 4.66. The standard InChI is InChI=1S/C21H21N5O2/c1-14-7-9-16(10-8-14)17(27)12-26-13-23-18-19(26)24-21(25-20(18)28)22-11-15-5-3-2-4-6-15/h2-10,23H,11-13H2,1H3,(H2,22,24,25,28). The van der Waals surface area contributed by atoms with Crippen LogP contribution in [0.3, 0.4) is 0 Å². The second-order valence-corrected chi connectivity index (χ2v) is 6.77. The summed E-state index contributed by atoms with van der Waals surface area (Å²) in [5.41, 5.74) is 2.96. The molecule has 2 aromatic carbocycles. The number of nitrogens with one attached hydrogen (secondary N) is 3. The first-order chi connectivity index (χ1) is 13.6. The zero-order valence-corrected chi connectivity index (χ0v) is 15.5. The molecule has 1 aromatic heterocycles. The predicted octanol–water partition coefficient (Wildman–Crippen LogP) is 2.76. The number of nitrogens with zero attached hydrogens (tertiary/aromatic N) is 2. The van der Waals surface area contributed by atoms with Gasteiger partial charge in [0.15, 0.2) is 11.6 Å². The molecule has 0 aliphatic carbocycles. The summed E-state index contributed by atoms with van der Waals surface area (Å²) in [6.07, 6.45) is 0. The molecule has 142 valence electrons. The van der Waals surface area contributed by atoms with E-state index < -0.39 is 0 Å². The van der Waals surface area contributed by atoms with E-state index in [9.17, 15) is 9.59 Å². The van der Waals surface area contributed by atoms with Crippen LogP contribution in [-0.4, -0.2) is 29.0 Å². The molecule has 3 N–H and O–H groups in total. The van der Waals surface area contributed by atoms with E-state index in [1.165, 1.54) is 0 Å². The van der Waals surface area contributed by atoms with E-state index in [0.717, 1.165) is 11.1 Å². The monoisotopic (exact) mass is 375 g/mol. The number of aromatic amines is 1. The van der Waals surface area contributed by atoms with Crippen LogP contribution >= 0.6 is 0 Å². The topological polar surface area (TPSA) is 90.1 Å². The fraction of sp³-hybridized carbons (Fsp3) is 0.190. The summed E-state index contributed by atoms with van der Waals surface area (Å²) in [7, 11) is 0. The minimum atomic E-state index is -0.258. The van der Waals surface area contributed by atoms with E-state index in [0.29, 0.717) is 36.2 Å². The Labute approximate surface area is 162 Å². The van der Waals surface area contributed by atoms with Crippen LogP contribution in [0.2, 0.25) is 0 Å². The second kappa shape index (κ2) is 7.56. The molecule has 28 heavy (non-hydrogen) atoms. The van der Waals surface area contributed by atoms with Crippen molar-refractivity contribution in [2.45, 2.75) is 13.5 Å². The largest absolute Gasteiger partial charge is 0.360 e. The lowest BCUT2D eigenvalue weighted by Gasteiger charge is -2.16. The van der Waals surface area contributed by atoms with E-state index in [1.54, 1.807) is 4.90 Å². The fourth-order valence-corrected chi connectivity index (χ4v) is 3.10. The fourth-order valence-electron chi connectivity index (χ4n) is 3.10. The summed E-state index contributed by atoms with van der Waals surface area (Å²) in [5.74, 6) is 0.847. The quantitative estimate of drug-likeness (QED) is 0.574. The van der Waals surface area contributed by atoms with Gasteiger partial charge in [-0.1, -0.05) is 60.2 Å². The Morgan fingerprint density at radius 2 is 1.89 bits per heavy atom. The summed E-state index contributed by atoms with van der Waals surface area (Å²) in [6, 6.07) is 17.3. The Kier molecular flexibility index (Phi) is 4.80. The first-order valence-corrected chi connectivity index (χ1v) is 9.11. The van der Waals surface area contributed by atoms with Crippen LogP contribution in [0.5, 0.6) is 0 Å². The number of aromatic nitrogens is 2. The number of Topliss-reactive ketones (excluding diaryl/α,β-unsaturated/α-hetero) is 1. The van der Waals surface area contributed by atoms with Gasteiger partial charge in [-0.2, -0.15) is 4.98 Å². The zero-order valence-electron chi connectivity index (χ0n) is 15.5. The normalized spacial score (nSPS) is 12.4. The number of hydrogen-bond donors (Lipinski definition) is 3. The van der Waals surface area contributed by atoms with Crippen LogP contribution in [0, 0.1) is 6.92 Å². The molecular formula is C21H21N5O2. The highest BCUT2D eigenvalue weighted by atomic mass is 16.1. The summed E-state index contributed by atoms with van der Waals surface area (Å²) in [5, 5.41) is 6.16. The van der Waals surface area contributed by atoms with Gasteiger partial charge in [0.2, 0.25) is 5.95 Å². The molecule has 7 nitrogen and oxygen atoms in total. The number of ketones is 1. The Balaban J connectivity index is 1.51. The van der Waals surface area contributed by atoms with Crippen molar-refractivity contribution in [3.05, 3.63) is 81.6 Å². The number of benzene rings is 2. The minimum Gasteiger partial charge on any atom is -0.360 e. The van der Waals surface area contributed by atoms with E-state index in [1.807, 2.05) is 61.5 Å². The molecule has 0 saturated carbocycles. The molecule has 0 unspecified atom stereocenters. The van der Waals surface area contributed by atoms with E-state index in [4.69, 9.17) is 0 Å². The molecular weight excluding hydrogens is 354 g/mol. The maximum Gasteiger partial charge on any atom is 0.277 e. The third-order valence-corrected chi connectivity index (χ3v) is 4.66. The van der Waals surface area contributed by atoms with Gasteiger partial charge in [-0.15, -0.1) is 0 Å². The molecule has 0 bridgehead atoms. The molecule has 2 heterocycles. The van der Waals surface area contributed by atoms with Crippen LogP contribution in [-0.2, 0) is 6.54 Å². The van der Waals surface area contributed by atoms with Crippen molar-refractivity contribution < 1.29 is 4.79 Å². The summed E-state index contributed by atoms with van der Waals surface area (Å²) in [6.45, 7) is 3.04. The Morgan fingerprint density at radius 3 is 2.64 bits per heavy atom. The zero-order chi connectivity index (χ0) is 19.5. The first-order valence-electron chi connectivity index (χ1n) is 9.11. The molecule has 0 saturated heterocycles. The maximum absolute atomic E-state index is 12.6. The average molecular weight is 375 g/mol. The molecule has 3 aromatic rings. The van der Waals surface area contributed by atoms with Gasteiger partial charge in [0.05, 0.1) is 13.2 Å². The summed E-state index contributed by atoms with van der Waals surface area (Å²) < 4.78 is 0. The molecule has 0 fully saturated rings. The van der Waals surface area contributed by atoms with Crippen LogP contribution in [0.25, 0.3) is 0 Å². The Morgan fingerprint density at radius 1 is 1.14 bits per heavy atom. The van der Waals surface area contributed by atoms with E-state index >= 15 is 0 Å². The number of carbonyl (C=O) groups excluding carboxylic acids is 1. The van der Waals surface area contributed by atoms with Crippen molar-refractivity contribution in [1.82, 2.24) is 9.97 Å². The lowest BCUT2D eigenvalue weighted by atomic mass is 10.1. The van der Waals surface area contributed by atoms with Gasteiger partial charge >= 0.3 is 0 Å². The van der Waals surface area contributed by atoms with Gasteiger partial charge in [0.1, 0.15) is 5.69 Å². The Hall–Kier alpha value is -3.61. The predicted molar refractivity (Wildman–Crippen MR) is 110 cm³/mol. The van der Waals surface area contributed by atoms with Crippen molar-refractivity contribution in [3.63, 3.8) is 0 Å². The van der Waals surface area contributed by atoms with Gasteiger partial charge in [-0.25, -0.2) is 0 Å². The number of H-pyrrole nitrogens is 1.